The Kier molecular flexibility index (Phi) is 2.43. The second-order valence-corrected chi connectivity index (χ2v) is 2.76. The van der Waals surface area contributed by atoms with E-state index < -0.39 is 0 Å². The van der Waals surface area contributed by atoms with Gasteiger partial charge in [0.2, 0.25) is 0 Å². The van der Waals surface area contributed by atoms with Gasteiger partial charge in [0.05, 0.1) is 0 Å². The average molecular weight is 167 g/mol. The van der Waals surface area contributed by atoms with E-state index in [4.69, 9.17) is 10.8 Å². The van der Waals surface area contributed by atoms with Gasteiger partial charge in [0.15, 0.2) is 0 Å². The minimum Gasteiger partial charge on any atom is -0.506 e. The van der Waals surface area contributed by atoms with Gasteiger partial charge in [-0.2, -0.15) is 0 Å². The van der Waals surface area contributed by atoms with Crippen molar-refractivity contribution in [2.75, 3.05) is 5.73 Å². The first-order chi connectivity index (χ1) is 5.66. The van der Waals surface area contributed by atoms with Crippen LogP contribution in [-0.2, 0) is 6.42 Å². The van der Waals surface area contributed by atoms with Crippen LogP contribution in [0.5, 0.6) is 11.5 Å². The third-order valence-electron chi connectivity index (χ3n) is 1.80. The van der Waals surface area contributed by atoms with Crippen molar-refractivity contribution < 1.29 is 10.2 Å². The summed E-state index contributed by atoms with van der Waals surface area (Å²) >= 11 is 0. The molecule has 1 aromatic rings. The molecule has 1 aromatic carbocycles. The lowest BCUT2D eigenvalue weighted by atomic mass is 10.1. The number of nitrogens with two attached hydrogens (primary N) is 1. The molecule has 66 valence electrons. The van der Waals surface area contributed by atoms with Gasteiger partial charge in [0, 0.05) is 0 Å². The maximum Gasteiger partial charge on any atom is 0.145 e. The van der Waals surface area contributed by atoms with E-state index in [9.17, 15) is 5.11 Å². The monoisotopic (exact) mass is 167 g/mol. The quantitative estimate of drug-likeness (QED) is 0.463. The third-order valence-corrected chi connectivity index (χ3v) is 1.80. The van der Waals surface area contributed by atoms with Crippen molar-refractivity contribution in [2.45, 2.75) is 19.8 Å². The summed E-state index contributed by atoms with van der Waals surface area (Å²) in [5, 5.41) is 18.5. The van der Waals surface area contributed by atoms with Crippen molar-refractivity contribution in [3.63, 3.8) is 0 Å². The third kappa shape index (κ3) is 1.44. The van der Waals surface area contributed by atoms with Gasteiger partial charge in [0.25, 0.3) is 0 Å². The maximum atomic E-state index is 9.42. The van der Waals surface area contributed by atoms with E-state index in [2.05, 4.69) is 0 Å². The van der Waals surface area contributed by atoms with E-state index in [1.807, 2.05) is 6.92 Å². The fourth-order valence-electron chi connectivity index (χ4n) is 1.11. The Labute approximate surface area is 71.5 Å². The Balaban J connectivity index is 3.08. The van der Waals surface area contributed by atoms with Crippen LogP contribution in [0.4, 0.5) is 5.69 Å². The molecule has 0 aliphatic carbocycles. The highest BCUT2D eigenvalue weighted by Gasteiger charge is 2.07. The zero-order valence-electron chi connectivity index (χ0n) is 7.04. The Hall–Kier alpha value is -1.38. The Bertz CT molecular complexity index is 284. The van der Waals surface area contributed by atoms with Gasteiger partial charge >= 0.3 is 0 Å². The highest BCUT2D eigenvalue weighted by Crippen LogP contribution is 2.33. The Morgan fingerprint density at radius 3 is 2.58 bits per heavy atom. The van der Waals surface area contributed by atoms with Crippen LogP contribution < -0.4 is 5.73 Å². The molecule has 0 amide bonds. The van der Waals surface area contributed by atoms with E-state index in [1.54, 1.807) is 6.07 Å². The van der Waals surface area contributed by atoms with E-state index in [-0.39, 0.29) is 17.2 Å². The number of nitrogen functional groups attached to an aromatic ring is 1. The van der Waals surface area contributed by atoms with Crippen LogP contribution in [0, 0.1) is 0 Å². The van der Waals surface area contributed by atoms with Crippen molar-refractivity contribution in [2.24, 2.45) is 0 Å². The molecule has 0 heterocycles. The van der Waals surface area contributed by atoms with Gasteiger partial charge in [-0.1, -0.05) is 19.4 Å². The van der Waals surface area contributed by atoms with Gasteiger partial charge in [0.1, 0.15) is 17.2 Å². The van der Waals surface area contributed by atoms with Gasteiger partial charge in [-0.3, -0.25) is 0 Å². The number of hydrogen-bond donors (Lipinski definition) is 3. The molecular weight excluding hydrogens is 154 g/mol. The molecule has 3 nitrogen and oxygen atoms in total. The maximum absolute atomic E-state index is 9.42. The van der Waals surface area contributed by atoms with Gasteiger partial charge in [-0.05, 0) is 18.1 Å². The summed E-state index contributed by atoms with van der Waals surface area (Å²) in [5.41, 5.74) is 6.27. The molecule has 0 radical (unpaired) electrons. The molecule has 0 aromatic heterocycles. The number of phenols is 2. The standard InChI is InChI=1S/C9H13NO2/c1-2-3-6-4-5-7(11)8(10)9(6)12/h4-5,11-12H,2-3,10H2,1H3. The zero-order valence-corrected chi connectivity index (χ0v) is 7.04. The highest BCUT2D eigenvalue weighted by molar-refractivity contribution is 5.64. The first kappa shape index (κ1) is 8.71. The molecule has 12 heavy (non-hydrogen) atoms. The van der Waals surface area contributed by atoms with Crippen molar-refractivity contribution >= 4 is 5.69 Å². The van der Waals surface area contributed by atoms with Gasteiger partial charge < -0.3 is 15.9 Å². The number of anilines is 1. The minimum absolute atomic E-state index is 0.0110. The van der Waals surface area contributed by atoms with Crippen LogP contribution in [0.3, 0.4) is 0 Å². The average Bonchev–Trinajstić information content (AvgIpc) is 2.07. The van der Waals surface area contributed by atoms with Crippen LogP contribution in [0.15, 0.2) is 12.1 Å². The predicted octanol–water partition coefficient (Wildman–Crippen LogP) is 1.63. The number of rotatable bonds is 2. The summed E-state index contributed by atoms with van der Waals surface area (Å²) in [7, 11) is 0. The lowest BCUT2D eigenvalue weighted by molar-refractivity contribution is 0.450. The molecule has 3 heteroatoms. The van der Waals surface area contributed by atoms with Crippen LogP contribution in [0.1, 0.15) is 18.9 Å². The molecule has 0 atom stereocenters. The lowest BCUT2D eigenvalue weighted by Crippen LogP contribution is -1.91. The number of benzene rings is 1. The van der Waals surface area contributed by atoms with Crippen LogP contribution in [0.25, 0.3) is 0 Å². The molecule has 0 saturated carbocycles. The molecule has 1 rings (SSSR count). The molecular formula is C9H13NO2. The number of hydrogen-bond acceptors (Lipinski definition) is 3. The van der Waals surface area contributed by atoms with Crippen molar-refractivity contribution in [3.05, 3.63) is 17.7 Å². The topological polar surface area (TPSA) is 66.5 Å². The molecule has 0 spiro atoms. The van der Waals surface area contributed by atoms with Crippen molar-refractivity contribution in [1.82, 2.24) is 0 Å². The molecule has 0 unspecified atom stereocenters. The van der Waals surface area contributed by atoms with E-state index in [0.717, 1.165) is 18.4 Å². The second kappa shape index (κ2) is 3.34. The molecule has 0 saturated heterocycles. The second-order valence-electron chi connectivity index (χ2n) is 2.76. The van der Waals surface area contributed by atoms with Crippen LogP contribution in [0.2, 0.25) is 0 Å². The van der Waals surface area contributed by atoms with E-state index in [1.165, 1.54) is 6.07 Å². The smallest absolute Gasteiger partial charge is 0.145 e. The molecule has 4 N–H and O–H groups in total. The van der Waals surface area contributed by atoms with Gasteiger partial charge in [-0.15, -0.1) is 0 Å². The number of aromatic hydroxyl groups is 2. The summed E-state index contributed by atoms with van der Waals surface area (Å²) in [6.45, 7) is 2.02. The molecule has 0 bridgehead atoms. The first-order valence-corrected chi connectivity index (χ1v) is 3.96. The summed E-state index contributed by atoms with van der Waals surface area (Å²) in [5.74, 6) is -0.0517. The summed E-state index contributed by atoms with van der Waals surface area (Å²) < 4.78 is 0. The number of phenolic OH excluding ortho intramolecular Hbond substituents is 2. The zero-order chi connectivity index (χ0) is 9.14. The van der Waals surface area contributed by atoms with Crippen LogP contribution in [-0.4, -0.2) is 10.2 Å². The van der Waals surface area contributed by atoms with Crippen molar-refractivity contribution in [3.8, 4) is 11.5 Å². The van der Waals surface area contributed by atoms with E-state index in [0.29, 0.717) is 0 Å². The predicted molar refractivity (Wildman–Crippen MR) is 48.2 cm³/mol. The summed E-state index contributed by atoms with van der Waals surface area (Å²) in [6, 6.07) is 3.19. The van der Waals surface area contributed by atoms with E-state index >= 15 is 0 Å². The minimum atomic E-state index is -0.0626. The normalized spacial score (nSPS) is 10.1. The molecule has 0 fully saturated rings. The first-order valence-electron chi connectivity index (χ1n) is 3.96. The SMILES string of the molecule is CCCc1ccc(O)c(N)c1O. The number of aryl methyl sites for hydroxylation is 1. The molecule has 0 aliphatic rings. The molecule has 0 aliphatic heterocycles. The fraction of sp³-hybridized carbons (Fsp3) is 0.333. The fourth-order valence-corrected chi connectivity index (χ4v) is 1.11. The van der Waals surface area contributed by atoms with Crippen LogP contribution >= 0.6 is 0 Å². The Morgan fingerprint density at radius 2 is 2.00 bits per heavy atom. The summed E-state index contributed by atoms with van der Waals surface area (Å²) in [6.07, 6.45) is 1.72. The lowest BCUT2D eigenvalue weighted by Gasteiger charge is -2.06. The summed E-state index contributed by atoms with van der Waals surface area (Å²) in [4.78, 5) is 0. The Morgan fingerprint density at radius 1 is 1.33 bits per heavy atom. The highest BCUT2D eigenvalue weighted by atomic mass is 16.3. The van der Waals surface area contributed by atoms with Gasteiger partial charge in [-0.25, -0.2) is 0 Å². The largest absolute Gasteiger partial charge is 0.506 e. The van der Waals surface area contributed by atoms with Crippen molar-refractivity contribution in [1.29, 1.82) is 0 Å².